The summed E-state index contributed by atoms with van der Waals surface area (Å²) in [7, 11) is 2.16. The van der Waals surface area contributed by atoms with Gasteiger partial charge in [0.25, 0.3) is 0 Å². The lowest BCUT2D eigenvalue weighted by Gasteiger charge is -2.19. The molecule has 102 valence electrons. The zero-order chi connectivity index (χ0) is 13.2. The number of H-pyrrole nitrogens is 1. The van der Waals surface area contributed by atoms with Crippen LogP contribution in [-0.4, -0.2) is 41.9 Å². The number of nitrogens with one attached hydrogen (secondary N) is 1. The first-order valence-electron chi connectivity index (χ1n) is 6.76. The summed E-state index contributed by atoms with van der Waals surface area (Å²) in [6.07, 6.45) is 1.19. The first-order chi connectivity index (χ1) is 8.45. The quantitative estimate of drug-likeness (QED) is 0.891. The Morgan fingerprint density at radius 3 is 2.83 bits per heavy atom. The van der Waals surface area contributed by atoms with Crippen LogP contribution in [0.3, 0.4) is 0 Å². The maximum absolute atomic E-state index is 5.41. The molecule has 2 heterocycles. The molecule has 1 N–H and O–H groups in total. The molecule has 2 rings (SSSR count). The summed E-state index contributed by atoms with van der Waals surface area (Å²) in [6, 6.07) is 2.18. The number of aromatic nitrogens is 2. The van der Waals surface area contributed by atoms with Gasteiger partial charge in [-0.15, -0.1) is 0 Å². The maximum Gasteiger partial charge on any atom is 0.0678 e. The van der Waals surface area contributed by atoms with Crippen molar-refractivity contribution in [1.82, 2.24) is 15.1 Å². The smallest absolute Gasteiger partial charge is 0.0678 e. The Labute approximate surface area is 110 Å². The monoisotopic (exact) mass is 251 g/mol. The van der Waals surface area contributed by atoms with Gasteiger partial charge in [0.05, 0.1) is 12.3 Å². The van der Waals surface area contributed by atoms with Gasteiger partial charge < -0.3 is 9.64 Å². The highest BCUT2D eigenvalue weighted by Crippen LogP contribution is 2.21. The van der Waals surface area contributed by atoms with Crippen molar-refractivity contribution < 1.29 is 4.74 Å². The lowest BCUT2D eigenvalue weighted by atomic mass is 9.92. The molecule has 0 amide bonds. The van der Waals surface area contributed by atoms with Crippen LogP contribution in [0.15, 0.2) is 6.07 Å². The summed E-state index contributed by atoms with van der Waals surface area (Å²) < 4.78 is 5.41. The van der Waals surface area contributed by atoms with Crippen molar-refractivity contribution in [1.29, 1.82) is 0 Å². The van der Waals surface area contributed by atoms with Crippen LogP contribution < -0.4 is 0 Å². The molecule has 0 bridgehead atoms. The molecular weight excluding hydrogens is 226 g/mol. The van der Waals surface area contributed by atoms with E-state index < -0.39 is 0 Å². The normalized spacial score (nSPS) is 20.8. The predicted octanol–water partition coefficient (Wildman–Crippen LogP) is 2.18. The van der Waals surface area contributed by atoms with Crippen molar-refractivity contribution >= 4 is 0 Å². The molecule has 0 radical (unpaired) electrons. The molecule has 1 aromatic rings. The van der Waals surface area contributed by atoms with E-state index in [4.69, 9.17) is 4.74 Å². The lowest BCUT2D eigenvalue weighted by molar-refractivity contribution is 0.172. The molecule has 4 heteroatoms. The van der Waals surface area contributed by atoms with Crippen LogP contribution in [0, 0.1) is 5.92 Å². The molecule has 0 saturated carbocycles. The summed E-state index contributed by atoms with van der Waals surface area (Å²) in [5, 5.41) is 7.54. The van der Waals surface area contributed by atoms with E-state index in [-0.39, 0.29) is 5.41 Å². The van der Waals surface area contributed by atoms with Crippen LogP contribution in [0.2, 0.25) is 0 Å². The van der Waals surface area contributed by atoms with Crippen molar-refractivity contribution in [3.05, 3.63) is 17.5 Å². The number of ether oxygens (including phenoxy) is 1. The minimum absolute atomic E-state index is 0.118. The minimum Gasteiger partial charge on any atom is -0.381 e. The highest BCUT2D eigenvalue weighted by Gasteiger charge is 2.20. The fraction of sp³-hybridized carbons (Fsp3) is 0.786. The zero-order valence-electron chi connectivity index (χ0n) is 12.0. The highest BCUT2D eigenvalue weighted by molar-refractivity contribution is 5.16. The Bertz CT molecular complexity index is 375. The van der Waals surface area contributed by atoms with Crippen molar-refractivity contribution in [2.45, 2.75) is 39.2 Å². The number of aromatic amines is 1. The highest BCUT2D eigenvalue weighted by atomic mass is 16.5. The summed E-state index contributed by atoms with van der Waals surface area (Å²) >= 11 is 0. The van der Waals surface area contributed by atoms with Gasteiger partial charge in [-0.3, -0.25) is 5.10 Å². The number of rotatable bonds is 4. The maximum atomic E-state index is 5.41. The van der Waals surface area contributed by atoms with Gasteiger partial charge in [0, 0.05) is 30.8 Å². The second-order valence-corrected chi connectivity index (χ2v) is 6.45. The Hall–Kier alpha value is -0.870. The van der Waals surface area contributed by atoms with Crippen LogP contribution in [0.4, 0.5) is 0 Å². The Morgan fingerprint density at radius 2 is 2.28 bits per heavy atom. The van der Waals surface area contributed by atoms with Crippen LogP contribution >= 0.6 is 0 Å². The van der Waals surface area contributed by atoms with E-state index in [1.165, 1.54) is 12.1 Å². The van der Waals surface area contributed by atoms with Crippen LogP contribution in [0.1, 0.15) is 38.6 Å². The second-order valence-electron chi connectivity index (χ2n) is 6.45. The largest absolute Gasteiger partial charge is 0.381 e. The first kappa shape index (κ1) is 13.6. The zero-order valence-corrected chi connectivity index (χ0v) is 12.0. The van der Waals surface area contributed by atoms with E-state index in [1.54, 1.807) is 0 Å². The fourth-order valence-corrected chi connectivity index (χ4v) is 2.35. The molecule has 0 aromatic carbocycles. The van der Waals surface area contributed by atoms with E-state index >= 15 is 0 Å². The predicted molar refractivity (Wildman–Crippen MR) is 72.5 cm³/mol. The van der Waals surface area contributed by atoms with Crippen molar-refractivity contribution in [3.8, 4) is 0 Å². The number of nitrogens with zero attached hydrogens (tertiary/aromatic N) is 2. The van der Waals surface area contributed by atoms with Gasteiger partial charge in [0.1, 0.15) is 0 Å². The van der Waals surface area contributed by atoms with Gasteiger partial charge in [-0.1, -0.05) is 20.8 Å². The SMILES string of the molecule is CN(Cc1cc(C(C)(C)C)n[nH]1)CC1CCOC1. The molecule has 0 aliphatic carbocycles. The van der Waals surface area contributed by atoms with E-state index in [0.29, 0.717) is 5.92 Å². The van der Waals surface area contributed by atoms with Crippen LogP contribution in [0.5, 0.6) is 0 Å². The molecule has 0 spiro atoms. The molecule has 1 unspecified atom stereocenters. The van der Waals surface area contributed by atoms with E-state index in [0.717, 1.165) is 32.0 Å². The third kappa shape index (κ3) is 3.56. The first-order valence-corrected chi connectivity index (χ1v) is 6.76. The van der Waals surface area contributed by atoms with Crippen LogP contribution in [0.25, 0.3) is 0 Å². The molecule has 18 heavy (non-hydrogen) atoms. The minimum atomic E-state index is 0.118. The Balaban J connectivity index is 1.86. The van der Waals surface area contributed by atoms with E-state index in [9.17, 15) is 0 Å². The molecule has 1 aliphatic heterocycles. The van der Waals surface area contributed by atoms with Crippen molar-refractivity contribution in [3.63, 3.8) is 0 Å². The summed E-state index contributed by atoms with van der Waals surface area (Å²) in [4.78, 5) is 2.35. The van der Waals surface area contributed by atoms with Gasteiger partial charge >= 0.3 is 0 Å². The lowest BCUT2D eigenvalue weighted by Crippen LogP contribution is -2.25. The summed E-state index contributed by atoms with van der Waals surface area (Å²) in [6.45, 7) is 10.4. The molecule has 1 atom stereocenters. The Kier molecular flexibility index (Phi) is 4.07. The molecule has 1 fully saturated rings. The summed E-state index contributed by atoms with van der Waals surface area (Å²) in [5.41, 5.74) is 2.45. The standard InChI is InChI=1S/C14H25N3O/c1-14(2,3)13-7-12(15-16-13)9-17(4)8-11-5-6-18-10-11/h7,11H,5-6,8-10H2,1-4H3,(H,15,16). The van der Waals surface area contributed by atoms with Crippen molar-refractivity contribution in [2.75, 3.05) is 26.8 Å². The fourth-order valence-electron chi connectivity index (χ4n) is 2.35. The topological polar surface area (TPSA) is 41.2 Å². The van der Waals surface area contributed by atoms with Crippen LogP contribution in [-0.2, 0) is 16.7 Å². The molecule has 1 aliphatic rings. The van der Waals surface area contributed by atoms with Crippen molar-refractivity contribution in [2.24, 2.45) is 5.92 Å². The Morgan fingerprint density at radius 1 is 1.50 bits per heavy atom. The van der Waals surface area contributed by atoms with Gasteiger partial charge in [0.15, 0.2) is 0 Å². The average Bonchev–Trinajstić information content (AvgIpc) is 2.87. The molecule has 4 nitrogen and oxygen atoms in total. The molecular formula is C14H25N3O. The van der Waals surface area contributed by atoms with Gasteiger partial charge in [-0.2, -0.15) is 5.10 Å². The van der Waals surface area contributed by atoms with E-state index in [1.807, 2.05) is 0 Å². The van der Waals surface area contributed by atoms with Gasteiger partial charge in [-0.05, 0) is 25.5 Å². The number of hydrogen-bond acceptors (Lipinski definition) is 3. The third-order valence-electron chi connectivity index (χ3n) is 3.43. The molecule has 1 saturated heterocycles. The second kappa shape index (κ2) is 5.41. The van der Waals surface area contributed by atoms with E-state index in [2.05, 4.69) is 49.0 Å². The third-order valence-corrected chi connectivity index (χ3v) is 3.43. The average molecular weight is 251 g/mol. The molecule has 1 aromatic heterocycles. The number of hydrogen-bond donors (Lipinski definition) is 1. The van der Waals surface area contributed by atoms with Gasteiger partial charge in [0.2, 0.25) is 0 Å². The summed E-state index contributed by atoms with van der Waals surface area (Å²) in [5.74, 6) is 0.694. The van der Waals surface area contributed by atoms with Gasteiger partial charge in [-0.25, -0.2) is 0 Å².